The molecule has 0 fully saturated rings. The van der Waals surface area contributed by atoms with Crippen molar-refractivity contribution in [3.63, 3.8) is 0 Å². The Bertz CT molecular complexity index is 320. The van der Waals surface area contributed by atoms with Crippen LogP contribution in [0.1, 0.15) is 20.8 Å². The van der Waals surface area contributed by atoms with Crippen molar-refractivity contribution < 1.29 is 4.74 Å². The Morgan fingerprint density at radius 3 is 2.50 bits per heavy atom. The summed E-state index contributed by atoms with van der Waals surface area (Å²) in [6.45, 7) is 6.07. The lowest BCUT2D eigenvalue weighted by Gasteiger charge is -2.51. The Balaban J connectivity index is 3.33. The van der Waals surface area contributed by atoms with E-state index in [1.807, 2.05) is 27.2 Å². The van der Waals surface area contributed by atoms with E-state index in [1.54, 1.807) is 18.9 Å². The second kappa shape index (κ2) is 4.37. The van der Waals surface area contributed by atoms with E-state index in [0.717, 1.165) is 5.17 Å². The molecule has 0 aliphatic carbocycles. The lowest BCUT2D eigenvalue weighted by molar-refractivity contribution is -0.0837. The van der Waals surface area contributed by atoms with Crippen LogP contribution in [0.2, 0.25) is 0 Å². The first kappa shape index (κ1) is 13.5. The van der Waals surface area contributed by atoms with E-state index in [9.17, 15) is 0 Å². The van der Waals surface area contributed by atoms with Crippen LogP contribution in [0, 0.1) is 10.8 Å². The van der Waals surface area contributed by atoms with Crippen LogP contribution in [-0.4, -0.2) is 48.5 Å². The number of thioether (sulfide) groups is 1. The molecule has 0 saturated heterocycles. The molecule has 1 aliphatic rings. The molecule has 2 unspecified atom stereocenters. The van der Waals surface area contributed by atoms with Crippen LogP contribution in [-0.2, 0) is 4.74 Å². The Morgan fingerprint density at radius 1 is 1.56 bits per heavy atom. The largest absolute Gasteiger partial charge is 0.356 e. The van der Waals surface area contributed by atoms with E-state index in [4.69, 9.17) is 10.1 Å². The van der Waals surface area contributed by atoms with Gasteiger partial charge in [0.15, 0.2) is 10.9 Å². The highest BCUT2D eigenvalue weighted by Gasteiger charge is 2.52. The molecular formula is C11H21N3OS. The van der Waals surface area contributed by atoms with Crippen LogP contribution in [0.5, 0.6) is 0 Å². The number of rotatable bonds is 2. The minimum absolute atomic E-state index is 0.176. The lowest BCUT2D eigenvalue weighted by atomic mass is 9.73. The molecule has 0 aromatic heterocycles. The number of ether oxygens (including phenoxy) is 1. The first-order chi connectivity index (χ1) is 7.36. The average Bonchev–Trinajstić information content (AvgIpc) is 2.31. The molecule has 0 bridgehead atoms. The quantitative estimate of drug-likeness (QED) is 0.755. The maximum atomic E-state index is 7.69. The fraction of sp³-hybridized carbons (Fsp3) is 0.818. The molecule has 3 atom stereocenters. The fourth-order valence-corrected chi connectivity index (χ4v) is 2.76. The topological polar surface area (TPSA) is 48.7 Å². The van der Waals surface area contributed by atoms with Crippen molar-refractivity contribution in [2.45, 2.75) is 32.5 Å². The van der Waals surface area contributed by atoms with Crippen LogP contribution >= 0.6 is 11.8 Å². The molecule has 16 heavy (non-hydrogen) atoms. The Kier molecular flexibility index (Phi) is 3.69. The molecule has 0 saturated carbocycles. The van der Waals surface area contributed by atoms with Crippen LogP contribution in [0.15, 0.2) is 4.99 Å². The van der Waals surface area contributed by atoms with Crippen molar-refractivity contribution in [1.82, 2.24) is 4.90 Å². The zero-order valence-electron chi connectivity index (χ0n) is 10.9. The summed E-state index contributed by atoms with van der Waals surface area (Å²) in [5.41, 5.74) is -1.09. The highest BCUT2D eigenvalue weighted by molar-refractivity contribution is 8.13. The number of methoxy groups -OCH3 is 1. The Hall–Kier alpha value is -0.550. The zero-order chi connectivity index (χ0) is 12.6. The van der Waals surface area contributed by atoms with Gasteiger partial charge in [0, 0.05) is 26.4 Å². The van der Waals surface area contributed by atoms with Crippen LogP contribution in [0.3, 0.4) is 0 Å². The summed E-state index contributed by atoms with van der Waals surface area (Å²) in [5, 5.41) is 8.64. The van der Waals surface area contributed by atoms with E-state index in [1.165, 1.54) is 6.21 Å². The molecule has 1 rings (SSSR count). The van der Waals surface area contributed by atoms with Crippen molar-refractivity contribution in [2.24, 2.45) is 10.4 Å². The second-order valence-electron chi connectivity index (χ2n) is 4.50. The first-order valence-corrected chi connectivity index (χ1v) is 6.52. The van der Waals surface area contributed by atoms with Gasteiger partial charge < -0.3 is 15.0 Å². The third-order valence-electron chi connectivity index (χ3n) is 3.94. The number of hydrogen-bond donors (Lipinski definition) is 1. The molecule has 5 heteroatoms. The zero-order valence-corrected chi connectivity index (χ0v) is 11.7. The van der Waals surface area contributed by atoms with Gasteiger partial charge in [0.05, 0.1) is 5.41 Å². The number of hydrogen-bond acceptors (Lipinski definition) is 5. The van der Waals surface area contributed by atoms with Gasteiger partial charge in [-0.2, -0.15) is 0 Å². The summed E-state index contributed by atoms with van der Waals surface area (Å²) in [7, 11) is 3.66. The van der Waals surface area contributed by atoms with Gasteiger partial charge in [-0.3, -0.25) is 0 Å². The van der Waals surface area contributed by atoms with Crippen LogP contribution in [0.25, 0.3) is 0 Å². The molecule has 1 heterocycles. The van der Waals surface area contributed by atoms with E-state index >= 15 is 0 Å². The van der Waals surface area contributed by atoms with E-state index in [-0.39, 0.29) is 6.04 Å². The predicted molar refractivity (Wildman–Crippen MR) is 70.5 cm³/mol. The molecule has 0 amide bonds. The Labute approximate surface area is 102 Å². The van der Waals surface area contributed by atoms with Gasteiger partial charge in [-0.15, -0.1) is 0 Å². The van der Waals surface area contributed by atoms with Crippen molar-refractivity contribution in [3.05, 3.63) is 0 Å². The molecule has 1 aliphatic heterocycles. The predicted octanol–water partition coefficient (Wildman–Crippen LogP) is 2.06. The molecule has 4 nitrogen and oxygen atoms in total. The third-order valence-corrected chi connectivity index (χ3v) is 4.68. The molecule has 1 N–H and O–H groups in total. The van der Waals surface area contributed by atoms with Gasteiger partial charge in [-0.25, -0.2) is 4.99 Å². The highest BCUT2D eigenvalue weighted by atomic mass is 32.2. The third kappa shape index (κ3) is 1.66. The Morgan fingerprint density at radius 2 is 2.12 bits per heavy atom. The van der Waals surface area contributed by atoms with E-state index < -0.39 is 11.1 Å². The second-order valence-corrected chi connectivity index (χ2v) is 5.27. The fourth-order valence-electron chi connectivity index (χ4n) is 2.05. The van der Waals surface area contributed by atoms with Gasteiger partial charge in [0.25, 0.3) is 0 Å². The smallest absolute Gasteiger partial charge is 0.170 e. The van der Waals surface area contributed by atoms with Gasteiger partial charge in [0.2, 0.25) is 0 Å². The molecule has 92 valence electrons. The van der Waals surface area contributed by atoms with Crippen molar-refractivity contribution >= 4 is 23.1 Å². The lowest BCUT2D eigenvalue weighted by Crippen LogP contribution is -2.61. The molecule has 0 aromatic rings. The average molecular weight is 243 g/mol. The van der Waals surface area contributed by atoms with Gasteiger partial charge >= 0.3 is 0 Å². The summed E-state index contributed by atoms with van der Waals surface area (Å²) in [4.78, 5) is 6.75. The van der Waals surface area contributed by atoms with E-state index in [2.05, 4.69) is 16.8 Å². The van der Waals surface area contributed by atoms with E-state index in [0.29, 0.717) is 0 Å². The minimum atomic E-state index is -0.668. The molecular weight excluding hydrogens is 222 g/mol. The summed E-state index contributed by atoms with van der Waals surface area (Å²) in [5.74, 6) is 0. The van der Waals surface area contributed by atoms with Gasteiger partial charge in [-0.05, 0) is 27.0 Å². The standard InChI is InChI=1S/C11H21N3OS/c1-8-10(2,7-12)11(3,15-5)13-9(16-6)14(8)4/h7-8,12H,1-6H3/t8?,10-,11?/m1/s1. The SMILES string of the molecule is COC1(C)N=C(SC)N(C)C(C)[C@@]1(C)C=N. The summed E-state index contributed by atoms with van der Waals surface area (Å²) < 4.78 is 5.56. The maximum absolute atomic E-state index is 7.69. The molecule has 0 spiro atoms. The van der Waals surface area contributed by atoms with Crippen molar-refractivity contribution in [1.29, 1.82) is 5.41 Å². The minimum Gasteiger partial charge on any atom is -0.356 e. The molecule has 0 radical (unpaired) electrons. The maximum Gasteiger partial charge on any atom is 0.170 e. The van der Waals surface area contributed by atoms with Gasteiger partial charge in [-0.1, -0.05) is 11.8 Å². The highest BCUT2D eigenvalue weighted by Crippen LogP contribution is 2.43. The van der Waals surface area contributed by atoms with Crippen molar-refractivity contribution in [3.8, 4) is 0 Å². The number of aliphatic imine (C=N–C) groups is 1. The summed E-state index contributed by atoms with van der Waals surface area (Å²) >= 11 is 1.61. The van der Waals surface area contributed by atoms with Gasteiger partial charge in [0.1, 0.15) is 0 Å². The van der Waals surface area contributed by atoms with Crippen LogP contribution in [0.4, 0.5) is 0 Å². The number of nitrogens with one attached hydrogen (secondary N) is 1. The number of amidine groups is 1. The summed E-state index contributed by atoms with van der Waals surface area (Å²) in [6.07, 6.45) is 3.46. The molecule has 0 aromatic carbocycles. The number of nitrogens with zero attached hydrogens (tertiary/aromatic N) is 2. The summed E-state index contributed by atoms with van der Waals surface area (Å²) in [6, 6.07) is 0.176. The van der Waals surface area contributed by atoms with Crippen LogP contribution < -0.4 is 0 Å². The monoisotopic (exact) mass is 243 g/mol. The first-order valence-electron chi connectivity index (χ1n) is 5.29. The normalized spacial score (nSPS) is 39.5. The van der Waals surface area contributed by atoms with Crippen molar-refractivity contribution in [2.75, 3.05) is 20.4 Å².